The van der Waals surface area contributed by atoms with Gasteiger partial charge in [0.2, 0.25) is 0 Å². The molecule has 1 aliphatic heterocycles. The molecule has 0 aliphatic carbocycles. The fourth-order valence-electron chi connectivity index (χ4n) is 4.38. The lowest BCUT2D eigenvalue weighted by molar-refractivity contribution is -0.227. The Hall–Kier alpha value is -4.43. The molecule has 0 fully saturated rings. The van der Waals surface area contributed by atoms with Gasteiger partial charge in [-0.25, -0.2) is 14.0 Å². The number of halogens is 7. The summed E-state index contributed by atoms with van der Waals surface area (Å²) in [7, 11) is 0.903. The van der Waals surface area contributed by atoms with Gasteiger partial charge in [0.25, 0.3) is 11.5 Å². The minimum Gasteiger partial charge on any atom is -0.477 e. The molecule has 1 atom stereocenters. The SMILES string of the molecule is Cc1c(Cn2c(=O)c(C(=O)O)cn(-c3ccc4c(c3)C(F)(C(F)(F)F)C(=O)N4C)c2=O)cccc1C(F)(F)F. The molecule has 1 unspecified atom stereocenters. The molecule has 1 aromatic heterocycles. The predicted molar refractivity (Wildman–Crippen MR) is 121 cm³/mol. The van der Waals surface area contributed by atoms with Gasteiger partial charge in [0.05, 0.1) is 23.5 Å². The lowest BCUT2D eigenvalue weighted by Gasteiger charge is -2.22. The van der Waals surface area contributed by atoms with Gasteiger partial charge in [-0.3, -0.25) is 18.7 Å². The van der Waals surface area contributed by atoms with Crippen LogP contribution < -0.4 is 16.1 Å². The summed E-state index contributed by atoms with van der Waals surface area (Å²) in [6.07, 6.45) is -9.97. The van der Waals surface area contributed by atoms with Gasteiger partial charge >= 0.3 is 29.7 Å². The van der Waals surface area contributed by atoms with Gasteiger partial charge in [-0.1, -0.05) is 12.1 Å². The number of nitrogens with zero attached hydrogens (tertiary/aromatic N) is 3. The summed E-state index contributed by atoms with van der Waals surface area (Å²) in [5.74, 6) is -3.79. The molecule has 206 valence electrons. The Labute approximate surface area is 213 Å². The first kappa shape index (κ1) is 27.6. The summed E-state index contributed by atoms with van der Waals surface area (Å²) in [5, 5.41) is 9.50. The lowest BCUT2D eigenvalue weighted by Crippen LogP contribution is -2.46. The van der Waals surface area contributed by atoms with Crippen molar-refractivity contribution in [3.05, 3.63) is 91.3 Å². The number of rotatable bonds is 4. The first-order chi connectivity index (χ1) is 17.9. The highest BCUT2D eigenvalue weighted by Gasteiger charge is 2.68. The standard InChI is InChI=1S/C24H16F7N3O5/c1-11-12(4-3-5-15(11)23(26,27)28)9-34-18(35)14(19(36)37)10-33(21(34)39)13-6-7-17-16(8-13)22(25,24(29,30)31)20(38)32(17)2/h3-8,10H,9H2,1-2H3,(H,36,37). The van der Waals surface area contributed by atoms with E-state index in [4.69, 9.17) is 0 Å². The average molecular weight is 559 g/mol. The lowest BCUT2D eigenvalue weighted by atomic mass is 9.96. The number of anilines is 1. The van der Waals surface area contributed by atoms with Crippen molar-refractivity contribution >= 4 is 17.6 Å². The number of hydrogen-bond donors (Lipinski definition) is 1. The second kappa shape index (κ2) is 8.81. The number of alkyl halides is 7. The van der Waals surface area contributed by atoms with E-state index < -0.39 is 75.8 Å². The fraction of sp³-hybridized carbons (Fsp3) is 0.250. The molecule has 39 heavy (non-hydrogen) atoms. The summed E-state index contributed by atoms with van der Waals surface area (Å²) < 4.78 is 96.9. The molecule has 0 saturated carbocycles. The van der Waals surface area contributed by atoms with Crippen molar-refractivity contribution in [2.24, 2.45) is 0 Å². The van der Waals surface area contributed by atoms with Crippen LogP contribution in [0.15, 0.2) is 52.2 Å². The molecule has 0 radical (unpaired) electrons. The molecule has 3 aromatic rings. The van der Waals surface area contributed by atoms with Crippen LogP contribution in [0.5, 0.6) is 0 Å². The van der Waals surface area contributed by atoms with E-state index in [1.165, 1.54) is 6.07 Å². The summed E-state index contributed by atoms with van der Waals surface area (Å²) in [6.45, 7) is 0.255. The number of carbonyl (C=O) groups is 2. The molecule has 0 saturated heterocycles. The molecule has 2 heterocycles. The summed E-state index contributed by atoms with van der Waals surface area (Å²) in [6, 6.07) is 5.35. The summed E-state index contributed by atoms with van der Waals surface area (Å²) in [5.41, 5.74) is -12.0. The van der Waals surface area contributed by atoms with Crippen LogP contribution in [0.2, 0.25) is 0 Å². The molecule has 1 N–H and O–H groups in total. The number of aromatic carboxylic acids is 1. The third kappa shape index (κ3) is 4.17. The first-order valence-corrected chi connectivity index (χ1v) is 10.9. The van der Waals surface area contributed by atoms with E-state index in [-0.39, 0.29) is 11.1 Å². The van der Waals surface area contributed by atoms with Crippen LogP contribution in [0.1, 0.15) is 32.6 Å². The number of likely N-dealkylation sites (N-methyl/N-ethyl adjacent to an activating group) is 1. The van der Waals surface area contributed by atoms with Crippen molar-refractivity contribution in [1.82, 2.24) is 9.13 Å². The van der Waals surface area contributed by atoms with Crippen LogP contribution in [0, 0.1) is 6.92 Å². The second-order valence-corrected chi connectivity index (χ2v) is 8.70. The highest BCUT2D eigenvalue weighted by molar-refractivity contribution is 6.07. The molecule has 8 nitrogen and oxygen atoms in total. The molecule has 1 aliphatic rings. The normalized spacial score (nSPS) is 17.5. The molecule has 15 heteroatoms. The number of fused-ring (bicyclic) bond motifs is 1. The zero-order valence-electron chi connectivity index (χ0n) is 19.8. The number of hydrogen-bond acceptors (Lipinski definition) is 4. The van der Waals surface area contributed by atoms with Gasteiger partial charge in [-0.2, -0.15) is 26.3 Å². The fourth-order valence-corrected chi connectivity index (χ4v) is 4.38. The summed E-state index contributed by atoms with van der Waals surface area (Å²) in [4.78, 5) is 50.4. The van der Waals surface area contributed by atoms with Crippen LogP contribution in [0.4, 0.5) is 36.4 Å². The number of amides is 1. The Balaban J connectivity index is 1.96. The van der Waals surface area contributed by atoms with Crippen LogP contribution in [-0.4, -0.2) is 39.3 Å². The van der Waals surface area contributed by atoms with E-state index in [2.05, 4.69) is 0 Å². The van der Waals surface area contributed by atoms with Crippen molar-refractivity contribution < 1.29 is 45.4 Å². The molecule has 4 rings (SSSR count). The van der Waals surface area contributed by atoms with Crippen molar-refractivity contribution in [3.8, 4) is 5.69 Å². The number of carboxylic acid groups (broad SMARTS) is 1. The minimum atomic E-state index is -5.70. The maximum atomic E-state index is 15.2. The first-order valence-electron chi connectivity index (χ1n) is 10.9. The van der Waals surface area contributed by atoms with Crippen LogP contribution in [0.25, 0.3) is 5.69 Å². The van der Waals surface area contributed by atoms with E-state index in [9.17, 15) is 50.6 Å². The smallest absolute Gasteiger partial charge is 0.436 e. The number of benzene rings is 2. The monoisotopic (exact) mass is 559 g/mol. The topological polar surface area (TPSA) is 102 Å². The maximum absolute atomic E-state index is 15.2. The van der Waals surface area contributed by atoms with Crippen molar-refractivity contribution in [3.63, 3.8) is 0 Å². The second-order valence-electron chi connectivity index (χ2n) is 8.70. The Morgan fingerprint density at radius 1 is 1.03 bits per heavy atom. The molecule has 2 aromatic carbocycles. The number of carbonyl (C=O) groups excluding carboxylic acids is 1. The molecule has 1 amide bonds. The number of carboxylic acids is 1. The van der Waals surface area contributed by atoms with E-state index >= 15 is 4.39 Å². The Morgan fingerprint density at radius 3 is 2.23 bits per heavy atom. The minimum absolute atomic E-state index is 0.167. The van der Waals surface area contributed by atoms with Crippen LogP contribution in [-0.2, 0) is 23.2 Å². The third-order valence-corrected chi connectivity index (χ3v) is 6.46. The largest absolute Gasteiger partial charge is 0.477 e. The average Bonchev–Trinajstić information content (AvgIpc) is 3.03. The third-order valence-electron chi connectivity index (χ3n) is 6.46. The van der Waals surface area contributed by atoms with Crippen molar-refractivity contribution in [2.75, 3.05) is 11.9 Å². The Bertz CT molecular complexity index is 1660. The molecule has 0 bridgehead atoms. The van der Waals surface area contributed by atoms with Gasteiger partial charge in [0.1, 0.15) is 5.56 Å². The van der Waals surface area contributed by atoms with E-state index in [0.717, 1.165) is 38.2 Å². The Kier molecular flexibility index (Phi) is 6.24. The number of aromatic nitrogens is 2. The zero-order valence-corrected chi connectivity index (χ0v) is 19.8. The maximum Gasteiger partial charge on any atom is 0.436 e. The van der Waals surface area contributed by atoms with Crippen molar-refractivity contribution in [2.45, 2.75) is 31.5 Å². The van der Waals surface area contributed by atoms with E-state index in [1.54, 1.807) is 0 Å². The predicted octanol–water partition coefficient (Wildman–Crippen LogP) is 3.78. The molecular weight excluding hydrogens is 543 g/mol. The van der Waals surface area contributed by atoms with E-state index in [1.807, 2.05) is 0 Å². The molecular formula is C24H16F7N3O5. The van der Waals surface area contributed by atoms with Gasteiger partial charge in [0.15, 0.2) is 0 Å². The highest BCUT2D eigenvalue weighted by atomic mass is 19.4. The van der Waals surface area contributed by atoms with Gasteiger partial charge in [-0.15, -0.1) is 0 Å². The van der Waals surface area contributed by atoms with Crippen molar-refractivity contribution in [1.29, 1.82) is 0 Å². The van der Waals surface area contributed by atoms with E-state index in [0.29, 0.717) is 26.3 Å². The van der Waals surface area contributed by atoms with Gasteiger partial charge < -0.3 is 10.0 Å². The van der Waals surface area contributed by atoms with Gasteiger partial charge in [-0.05, 0) is 42.3 Å². The highest BCUT2D eigenvalue weighted by Crippen LogP contribution is 2.52. The molecule has 0 spiro atoms. The quantitative estimate of drug-likeness (QED) is 0.491. The van der Waals surface area contributed by atoms with Gasteiger partial charge in [0, 0.05) is 18.8 Å². The van der Waals surface area contributed by atoms with Crippen LogP contribution in [0.3, 0.4) is 0 Å². The summed E-state index contributed by atoms with van der Waals surface area (Å²) >= 11 is 0. The Morgan fingerprint density at radius 2 is 1.67 bits per heavy atom. The van der Waals surface area contributed by atoms with Crippen LogP contribution >= 0.6 is 0 Å². The zero-order chi connectivity index (χ0) is 29.2.